The van der Waals surface area contributed by atoms with E-state index in [9.17, 15) is 19.2 Å². The summed E-state index contributed by atoms with van der Waals surface area (Å²) in [6.07, 6.45) is 5.72. The highest BCUT2D eigenvalue weighted by Gasteiger charge is 2.10. The summed E-state index contributed by atoms with van der Waals surface area (Å²) in [6, 6.07) is 19.0. The predicted octanol–water partition coefficient (Wildman–Crippen LogP) is 5.93. The third kappa shape index (κ3) is 12.3. The predicted molar refractivity (Wildman–Crippen MR) is 170 cm³/mol. The zero-order valence-corrected chi connectivity index (χ0v) is 24.9. The number of ether oxygens (including phenoxy) is 4. The minimum Gasteiger partial charge on any atom is -0.494 e. The van der Waals surface area contributed by atoms with E-state index < -0.39 is 11.9 Å². The van der Waals surface area contributed by atoms with E-state index in [-0.39, 0.29) is 5.91 Å². The summed E-state index contributed by atoms with van der Waals surface area (Å²) in [6.45, 7) is 8.25. The molecule has 1 amide bonds. The third-order valence-corrected chi connectivity index (χ3v) is 6.19. The van der Waals surface area contributed by atoms with Crippen molar-refractivity contribution in [2.24, 2.45) is 0 Å². The van der Waals surface area contributed by atoms with Crippen molar-refractivity contribution in [1.82, 2.24) is 0 Å². The molecule has 9 heteroatoms. The first kappa shape index (κ1) is 33.9. The molecule has 232 valence electrons. The third-order valence-electron chi connectivity index (χ3n) is 6.19. The molecule has 0 radical (unpaired) electrons. The fourth-order valence-corrected chi connectivity index (χ4v) is 3.78. The second-order valence-electron chi connectivity index (χ2n) is 9.53. The van der Waals surface area contributed by atoms with E-state index in [1.807, 2.05) is 24.3 Å². The smallest absolute Gasteiger partial charge is 0.330 e. The molecule has 3 aromatic carbocycles. The minimum atomic E-state index is -0.448. The standard InChI is InChI=1S/C36H35NO8/c1-3-34(39)44-23-7-5-21-42-31-16-11-27(12-17-31)9-10-28-13-20-33(30(25-28)26-38)37-36(41)29-14-18-32(19-15-29)43-22-6-8-24-45-35(40)4-2/h3-4,11-20,25-26H,1-2,5-8,21-24H2,(H,37,41). The van der Waals surface area contributed by atoms with Gasteiger partial charge in [0, 0.05) is 34.4 Å². The Labute approximate surface area is 262 Å². The highest BCUT2D eigenvalue weighted by molar-refractivity contribution is 6.06. The molecule has 0 aliphatic carbocycles. The van der Waals surface area contributed by atoms with Crippen LogP contribution < -0.4 is 14.8 Å². The largest absolute Gasteiger partial charge is 0.494 e. The molecule has 0 saturated heterocycles. The van der Waals surface area contributed by atoms with Crippen molar-refractivity contribution < 1.29 is 38.1 Å². The van der Waals surface area contributed by atoms with Crippen LogP contribution in [-0.4, -0.2) is 50.6 Å². The molecule has 45 heavy (non-hydrogen) atoms. The van der Waals surface area contributed by atoms with Gasteiger partial charge in [0.15, 0.2) is 6.29 Å². The van der Waals surface area contributed by atoms with Gasteiger partial charge in [-0.3, -0.25) is 9.59 Å². The lowest BCUT2D eigenvalue weighted by molar-refractivity contribution is -0.138. The van der Waals surface area contributed by atoms with E-state index in [0.29, 0.717) is 85.9 Å². The monoisotopic (exact) mass is 609 g/mol. The Morgan fingerprint density at radius 3 is 1.69 bits per heavy atom. The number of anilines is 1. The maximum atomic E-state index is 12.8. The van der Waals surface area contributed by atoms with Crippen LogP contribution in [0.4, 0.5) is 5.69 Å². The number of aldehydes is 1. The molecule has 9 nitrogen and oxygen atoms in total. The minimum absolute atomic E-state index is 0.301. The number of esters is 2. The highest BCUT2D eigenvalue weighted by Crippen LogP contribution is 2.19. The number of nitrogens with one attached hydrogen (secondary N) is 1. The Kier molecular flexibility index (Phi) is 14.2. The van der Waals surface area contributed by atoms with E-state index in [1.165, 1.54) is 0 Å². The van der Waals surface area contributed by atoms with Gasteiger partial charge in [-0.2, -0.15) is 0 Å². The molecule has 3 aromatic rings. The number of unbranched alkanes of at least 4 members (excludes halogenated alkanes) is 2. The molecule has 0 aromatic heterocycles. The lowest BCUT2D eigenvalue weighted by atomic mass is 10.1. The molecule has 0 aliphatic heterocycles. The van der Waals surface area contributed by atoms with Gasteiger partial charge in [0.1, 0.15) is 11.5 Å². The summed E-state index contributed by atoms with van der Waals surface area (Å²) < 4.78 is 21.2. The number of carbonyl (C=O) groups excluding carboxylic acids is 4. The molecule has 0 fully saturated rings. The summed E-state index contributed by atoms with van der Waals surface area (Å²) >= 11 is 0. The summed E-state index contributed by atoms with van der Waals surface area (Å²) in [4.78, 5) is 46.6. The Bertz CT molecular complexity index is 1530. The average molecular weight is 610 g/mol. The molecule has 0 unspecified atom stereocenters. The van der Waals surface area contributed by atoms with Gasteiger partial charge >= 0.3 is 11.9 Å². The van der Waals surface area contributed by atoms with Crippen LogP contribution in [0.1, 0.15) is 57.5 Å². The summed E-state index contributed by atoms with van der Waals surface area (Å²) in [5.41, 5.74) is 2.47. The van der Waals surface area contributed by atoms with Crippen molar-refractivity contribution in [2.45, 2.75) is 25.7 Å². The van der Waals surface area contributed by atoms with E-state index in [1.54, 1.807) is 42.5 Å². The molecular formula is C36H35NO8. The number of amides is 1. The van der Waals surface area contributed by atoms with E-state index in [4.69, 9.17) is 18.9 Å². The van der Waals surface area contributed by atoms with Crippen LogP contribution in [0.3, 0.4) is 0 Å². The molecule has 0 saturated carbocycles. The van der Waals surface area contributed by atoms with E-state index >= 15 is 0 Å². The molecular weight excluding hydrogens is 574 g/mol. The van der Waals surface area contributed by atoms with Crippen LogP contribution in [-0.2, 0) is 19.1 Å². The maximum absolute atomic E-state index is 12.8. The second-order valence-corrected chi connectivity index (χ2v) is 9.53. The number of benzene rings is 3. The van der Waals surface area contributed by atoms with Gasteiger partial charge in [-0.25, -0.2) is 9.59 Å². The van der Waals surface area contributed by atoms with Crippen LogP contribution >= 0.6 is 0 Å². The summed E-state index contributed by atoms with van der Waals surface area (Å²) in [7, 11) is 0. The average Bonchev–Trinajstić information content (AvgIpc) is 3.07. The molecule has 0 aliphatic rings. The number of hydrogen-bond donors (Lipinski definition) is 1. The van der Waals surface area contributed by atoms with Crippen LogP contribution in [0, 0.1) is 11.8 Å². The molecule has 1 N–H and O–H groups in total. The molecule has 0 bridgehead atoms. The second kappa shape index (κ2) is 18.8. The van der Waals surface area contributed by atoms with E-state index in [0.717, 1.165) is 24.1 Å². The fraction of sp³-hybridized carbons (Fsp3) is 0.222. The zero-order valence-electron chi connectivity index (χ0n) is 24.9. The van der Waals surface area contributed by atoms with Crippen LogP contribution in [0.2, 0.25) is 0 Å². The van der Waals surface area contributed by atoms with Crippen molar-refractivity contribution in [1.29, 1.82) is 0 Å². The SMILES string of the molecule is C=CC(=O)OCCCCOc1ccc(C#Cc2ccc(NC(=O)c3ccc(OCCCCOC(=O)C=C)cc3)c(C=O)c2)cc1. The Morgan fingerprint density at radius 1 is 0.667 bits per heavy atom. The number of rotatable bonds is 17. The Hall–Kier alpha value is -5.62. The fourth-order valence-electron chi connectivity index (χ4n) is 3.78. The molecule has 0 spiro atoms. The molecule has 0 heterocycles. The topological polar surface area (TPSA) is 117 Å². The summed E-state index contributed by atoms with van der Waals surface area (Å²) in [5.74, 6) is 6.16. The van der Waals surface area contributed by atoms with E-state index in [2.05, 4.69) is 30.3 Å². The number of carbonyl (C=O) groups is 4. The van der Waals surface area contributed by atoms with Gasteiger partial charge in [-0.15, -0.1) is 0 Å². The first-order chi connectivity index (χ1) is 21.9. The van der Waals surface area contributed by atoms with Crippen molar-refractivity contribution in [3.8, 4) is 23.3 Å². The van der Waals surface area contributed by atoms with Crippen LogP contribution in [0.25, 0.3) is 0 Å². The summed E-state index contributed by atoms with van der Waals surface area (Å²) in [5, 5.41) is 2.77. The first-order valence-corrected chi connectivity index (χ1v) is 14.4. The van der Waals surface area contributed by atoms with Crippen molar-refractivity contribution in [2.75, 3.05) is 31.7 Å². The van der Waals surface area contributed by atoms with Gasteiger partial charge in [0.2, 0.25) is 0 Å². The van der Waals surface area contributed by atoms with Crippen molar-refractivity contribution in [3.05, 3.63) is 114 Å². The highest BCUT2D eigenvalue weighted by atomic mass is 16.5. The quantitative estimate of drug-likeness (QED) is 0.0658. The Balaban J connectivity index is 1.46. The maximum Gasteiger partial charge on any atom is 0.330 e. The zero-order chi connectivity index (χ0) is 32.3. The lowest BCUT2D eigenvalue weighted by Gasteiger charge is -2.10. The van der Waals surface area contributed by atoms with Gasteiger partial charge in [-0.1, -0.05) is 25.0 Å². The van der Waals surface area contributed by atoms with Gasteiger partial charge in [0.25, 0.3) is 5.91 Å². The first-order valence-electron chi connectivity index (χ1n) is 14.4. The van der Waals surface area contributed by atoms with Gasteiger partial charge < -0.3 is 24.3 Å². The van der Waals surface area contributed by atoms with Crippen LogP contribution in [0.5, 0.6) is 11.5 Å². The molecule has 3 rings (SSSR count). The molecule has 0 atom stereocenters. The van der Waals surface area contributed by atoms with Crippen molar-refractivity contribution in [3.63, 3.8) is 0 Å². The van der Waals surface area contributed by atoms with Crippen LogP contribution in [0.15, 0.2) is 92.0 Å². The number of hydrogen-bond acceptors (Lipinski definition) is 8. The van der Waals surface area contributed by atoms with Gasteiger partial charge in [-0.05, 0) is 92.4 Å². The Morgan fingerprint density at radius 2 is 1.16 bits per heavy atom. The normalized spacial score (nSPS) is 9.96. The van der Waals surface area contributed by atoms with Crippen molar-refractivity contribution >= 4 is 29.8 Å². The lowest BCUT2D eigenvalue weighted by Crippen LogP contribution is -2.13. The van der Waals surface area contributed by atoms with Gasteiger partial charge in [0.05, 0.1) is 32.1 Å².